The third-order valence-corrected chi connectivity index (χ3v) is 12.5. The van der Waals surface area contributed by atoms with Crippen molar-refractivity contribution in [1.82, 2.24) is 0 Å². The molecule has 4 aliphatic carbocycles. The number of rotatable bonds is 6. The van der Waals surface area contributed by atoms with Gasteiger partial charge in [0.25, 0.3) is 5.09 Å². The van der Waals surface area contributed by atoms with E-state index < -0.39 is 28.5 Å². The molecule has 1 saturated heterocycles. The average Bonchev–Trinajstić information content (AvgIpc) is 3.44. The molecule has 1 aliphatic heterocycles. The molecule has 0 N–H and O–H groups in total. The number of hydrogen-bond donors (Lipinski definition) is 0. The van der Waals surface area contributed by atoms with Gasteiger partial charge in [0.1, 0.15) is 18.0 Å². The Hall–Kier alpha value is -3.21. The second kappa shape index (κ2) is 10.7. The van der Waals surface area contributed by atoms with Crippen LogP contribution in [0.5, 0.6) is 5.75 Å². The largest absolute Gasteiger partial charge is 0.458 e. The van der Waals surface area contributed by atoms with E-state index >= 15 is 0 Å². The normalized spacial score (nSPS) is 37.9. The lowest BCUT2D eigenvalue weighted by atomic mass is 9.46. The summed E-state index contributed by atoms with van der Waals surface area (Å²) < 4.78 is 11.8. The third-order valence-electron chi connectivity index (χ3n) is 11.4. The molecule has 11 heteroatoms. The zero-order valence-electron chi connectivity index (χ0n) is 24.7. The van der Waals surface area contributed by atoms with Gasteiger partial charge in [-0.05, 0) is 85.5 Å². The summed E-state index contributed by atoms with van der Waals surface area (Å²) in [4.78, 5) is 66.3. The van der Waals surface area contributed by atoms with Crippen LogP contribution in [0, 0.1) is 44.6 Å². The second-order valence-electron chi connectivity index (χ2n) is 13.4. The standard InChI is InChI=1S/C32H37NO9S/c1-18(34)43-26-15-20-14-21(35)7-10-30(20,2)24-8-11-31(3)25(27(24)26)9-12-32(31)16-23(29(37)42-32)28(36)41-22-6-4-5-19(13-22)17-40-33(38)39/h4-6,13-14,23-27H,7-12,15-17H2,1-3H3/t23?,24?,25?,26?,27?,30?,31?,32-/m1/s1. The lowest BCUT2D eigenvalue weighted by molar-refractivity contribution is -0.763. The van der Waals surface area contributed by atoms with Crippen LogP contribution in [0.4, 0.5) is 0 Å². The molecule has 1 heterocycles. The summed E-state index contributed by atoms with van der Waals surface area (Å²) >= 11 is 1.39. The fourth-order valence-electron chi connectivity index (χ4n) is 9.34. The number of thioether (sulfide) groups is 1. The molecule has 0 amide bonds. The summed E-state index contributed by atoms with van der Waals surface area (Å²) in [6.07, 6.45) is 7.40. The first-order valence-corrected chi connectivity index (χ1v) is 16.0. The molecule has 230 valence electrons. The van der Waals surface area contributed by atoms with Crippen LogP contribution in [0.2, 0.25) is 0 Å². The van der Waals surface area contributed by atoms with Gasteiger partial charge in [0.05, 0.1) is 0 Å². The van der Waals surface area contributed by atoms with Crippen molar-refractivity contribution in [3.8, 4) is 5.75 Å². The molecule has 3 saturated carbocycles. The molecule has 1 aromatic carbocycles. The van der Waals surface area contributed by atoms with Crippen LogP contribution in [-0.4, -0.2) is 38.8 Å². The van der Waals surface area contributed by atoms with Crippen LogP contribution < -0.4 is 4.74 Å². The first-order chi connectivity index (χ1) is 20.3. The lowest BCUT2D eigenvalue weighted by Gasteiger charge is -2.61. The Labute approximate surface area is 254 Å². The Bertz CT molecular complexity index is 1420. The molecule has 0 radical (unpaired) electrons. The molecule has 8 atom stereocenters. The van der Waals surface area contributed by atoms with E-state index in [1.165, 1.54) is 23.4 Å². The molecule has 4 fully saturated rings. The van der Waals surface area contributed by atoms with Crippen LogP contribution in [0.25, 0.3) is 0 Å². The number of hydrogen-bond acceptors (Lipinski definition) is 10. The van der Waals surface area contributed by atoms with Crippen molar-refractivity contribution in [1.29, 1.82) is 0 Å². The molecule has 43 heavy (non-hydrogen) atoms. The highest BCUT2D eigenvalue weighted by molar-refractivity contribution is 8.14. The number of carbonyl (C=O) groups is 4. The average molecular weight is 612 g/mol. The smallest absolute Gasteiger partial charge is 0.325 e. The van der Waals surface area contributed by atoms with Gasteiger partial charge in [0.15, 0.2) is 16.8 Å². The molecule has 1 aromatic rings. The lowest BCUT2D eigenvalue weighted by Crippen LogP contribution is -2.57. The zero-order valence-corrected chi connectivity index (χ0v) is 25.5. The fourth-order valence-corrected chi connectivity index (χ4v) is 10.6. The maximum Gasteiger partial charge on any atom is 0.325 e. The Balaban J connectivity index is 1.23. The van der Waals surface area contributed by atoms with E-state index in [2.05, 4.69) is 18.7 Å². The summed E-state index contributed by atoms with van der Waals surface area (Å²) in [6.45, 7) is 5.82. The van der Waals surface area contributed by atoms with Gasteiger partial charge in [-0.25, -0.2) is 0 Å². The molecule has 6 rings (SSSR count). The minimum atomic E-state index is -1.07. The number of ketones is 1. The summed E-state index contributed by atoms with van der Waals surface area (Å²) in [5.41, 5.74) is 0.396. The topological polar surface area (TPSA) is 139 Å². The Kier molecular flexibility index (Phi) is 7.46. The van der Waals surface area contributed by atoms with Gasteiger partial charge in [-0.15, -0.1) is 10.1 Å². The molecule has 7 unspecified atom stereocenters. The quantitative estimate of drug-likeness (QED) is 0.135. The number of carbonyl (C=O) groups excluding carboxylic acids is 4. The minimum Gasteiger partial charge on any atom is -0.458 e. The number of nitrogens with zero attached hydrogens (tertiary/aromatic N) is 1. The van der Waals surface area contributed by atoms with Gasteiger partial charge in [0.2, 0.25) is 0 Å². The minimum absolute atomic E-state index is 0.0527. The summed E-state index contributed by atoms with van der Waals surface area (Å²) in [5, 5.41) is 9.77. The number of benzene rings is 1. The number of ether oxygens (including phenoxy) is 2. The highest BCUT2D eigenvalue weighted by Gasteiger charge is 2.70. The van der Waals surface area contributed by atoms with Crippen molar-refractivity contribution in [2.75, 3.05) is 0 Å². The fraction of sp³-hybridized carbons (Fsp3) is 0.625. The second-order valence-corrected chi connectivity index (χ2v) is 14.8. The first-order valence-electron chi connectivity index (χ1n) is 15.1. The Morgan fingerprint density at radius 3 is 2.65 bits per heavy atom. The summed E-state index contributed by atoms with van der Waals surface area (Å²) in [6, 6.07) is 6.24. The van der Waals surface area contributed by atoms with E-state index in [1.807, 2.05) is 6.08 Å². The number of fused-ring (bicyclic) bond motifs is 6. The SMILES string of the molecule is CC(=O)SC1CC2=CC(=O)CCC2(C)C2CCC3(C)C(CC[C@@]34CC(C(=O)Oc3cccc(CO[N+](=O)[O-])c3)C(=O)O4)C12. The van der Waals surface area contributed by atoms with Crippen molar-refractivity contribution >= 4 is 34.6 Å². The van der Waals surface area contributed by atoms with E-state index in [4.69, 9.17) is 9.47 Å². The first kappa shape index (κ1) is 29.8. The van der Waals surface area contributed by atoms with E-state index in [1.54, 1.807) is 25.1 Å². The summed E-state index contributed by atoms with van der Waals surface area (Å²) in [5.74, 6) is -1.24. The zero-order chi connectivity index (χ0) is 30.7. The van der Waals surface area contributed by atoms with Crippen molar-refractivity contribution in [3.63, 3.8) is 0 Å². The van der Waals surface area contributed by atoms with Crippen molar-refractivity contribution in [2.45, 2.75) is 89.6 Å². The van der Waals surface area contributed by atoms with Crippen LogP contribution in [0.15, 0.2) is 35.9 Å². The molecule has 0 bridgehead atoms. The van der Waals surface area contributed by atoms with Gasteiger partial charge in [-0.1, -0.05) is 43.3 Å². The van der Waals surface area contributed by atoms with Gasteiger partial charge in [-0.2, -0.15) is 0 Å². The van der Waals surface area contributed by atoms with E-state index in [0.29, 0.717) is 30.7 Å². The van der Waals surface area contributed by atoms with E-state index in [9.17, 15) is 29.3 Å². The monoisotopic (exact) mass is 611 g/mol. The molecular weight excluding hydrogens is 574 g/mol. The maximum atomic E-state index is 13.3. The van der Waals surface area contributed by atoms with E-state index in [-0.39, 0.29) is 57.6 Å². The van der Waals surface area contributed by atoms with Crippen LogP contribution in [-0.2, 0) is 35.4 Å². The van der Waals surface area contributed by atoms with Gasteiger partial charge in [0, 0.05) is 30.4 Å². The Morgan fingerprint density at radius 1 is 1.14 bits per heavy atom. The van der Waals surface area contributed by atoms with Crippen molar-refractivity contribution in [3.05, 3.63) is 51.6 Å². The van der Waals surface area contributed by atoms with Gasteiger partial charge >= 0.3 is 11.9 Å². The van der Waals surface area contributed by atoms with Crippen LogP contribution in [0.3, 0.4) is 0 Å². The van der Waals surface area contributed by atoms with Gasteiger partial charge in [-0.3, -0.25) is 19.2 Å². The molecule has 10 nitrogen and oxygen atoms in total. The highest BCUT2D eigenvalue weighted by Crippen LogP contribution is 2.71. The third kappa shape index (κ3) is 4.97. The predicted molar refractivity (Wildman–Crippen MR) is 155 cm³/mol. The number of allylic oxidation sites excluding steroid dienone is 1. The highest BCUT2D eigenvalue weighted by atomic mass is 32.2. The maximum absolute atomic E-state index is 13.3. The molecule has 5 aliphatic rings. The van der Waals surface area contributed by atoms with Crippen molar-refractivity contribution < 1.29 is 38.6 Å². The molecule has 1 spiro atoms. The molecule has 0 aromatic heterocycles. The summed E-state index contributed by atoms with van der Waals surface area (Å²) in [7, 11) is 0. The van der Waals surface area contributed by atoms with Crippen molar-refractivity contribution in [2.24, 2.45) is 34.5 Å². The molecular formula is C32H37NO9S. The van der Waals surface area contributed by atoms with Crippen LogP contribution in [0.1, 0.15) is 77.7 Å². The van der Waals surface area contributed by atoms with Gasteiger partial charge < -0.3 is 14.3 Å². The Morgan fingerprint density at radius 2 is 1.91 bits per heavy atom. The predicted octanol–water partition coefficient (Wildman–Crippen LogP) is 5.39. The number of esters is 2. The van der Waals surface area contributed by atoms with Crippen LogP contribution >= 0.6 is 11.8 Å². The van der Waals surface area contributed by atoms with E-state index in [0.717, 1.165) is 25.7 Å².